The number of rotatable bonds is 5. The first-order chi connectivity index (χ1) is 14.0. The Morgan fingerprint density at radius 1 is 1.00 bits per heavy atom. The number of likely N-dealkylation sites (tertiary alicyclic amines) is 2. The maximum atomic E-state index is 13.1. The van der Waals surface area contributed by atoms with Crippen molar-refractivity contribution in [2.24, 2.45) is 0 Å². The summed E-state index contributed by atoms with van der Waals surface area (Å²) in [5, 5.41) is 0. The second-order valence-electron chi connectivity index (χ2n) is 8.24. The maximum Gasteiger partial charge on any atom is 0.263 e. The van der Waals surface area contributed by atoms with Crippen molar-refractivity contribution in [2.45, 2.75) is 31.7 Å². The highest BCUT2D eigenvalue weighted by Crippen LogP contribution is 2.30. The minimum Gasteiger partial charge on any atom is -0.344 e. The fourth-order valence-electron chi connectivity index (χ4n) is 4.33. The molecule has 2 fully saturated rings. The van der Waals surface area contributed by atoms with Gasteiger partial charge in [0.2, 0.25) is 0 Å². The van der Waals surface area contributed by atoms with Gasteiger partial charge in [0.05, 0.1) is 4.88 Å². The number of hydrogen-bond acceptors (Lipinski definition) is 4. The largest absolute Gasteiger partial charge is 0.344 e. The summed E-state index contributed by atoms with van der Waals surface area (Å²) in [6.07, 6.45) is 4.78. The number of benzene rings is 1. The van der Waals surface area contributed by atoms with Crippen molar-refractivity contribution in [1.29, 1.82) is 0 Å². The number of thiophene rings is 1. The van der Waals surface area contributed by atoms with Gasteiger partial charge in [-0.25, -0.2) is 0 Å². The van der Waals surface area contributed by atoms with E-state index >= 15 is 0 Å². The normalized spacial score (nSPS) is 19.7. The van der Waals surface area contributed by atoms with Crippen LogP contribution in [0.15, 0.2) is 36.4 Å². The van der Waals surface area contributed by atoms with Gasteiger partial charge in [-0.15, -0.1) is 11.3 Å². The predicted molar refractivity (Wildman–Crippen MR) is 118 cm³/mol. The molecule has 29 heavy (non-hydrogen) atoms. The average Bonchev–Trinajstić information content (AvgIpc) is 3.49. The highest BCUT2D eigenvalue weighted by molar-refractivity contribution is 7.17. The quantitative estimate of drug-likeness (QED) is 0.751. The molecule has 6 heteroatoms. The Hall–Kier alpha value is -2.18. The molecule has 154 valence electrons. The molecular weight excluding hydrogens is 382 g/mol. The van der Waals surface area contributed by atoms with Crippen molar-refractivity contribution < 1.29 is 9.59 Å². The van der Waals surface area contributed by atoms with E-state index in [1.165, 1.54) is 37.3 Å². The smallest absolute Gasteiger partial charge is 0.263 e. The summed E-state index contributed by atoms with van der Waals surface area (Å²) >= 11 is 1.49. The molecule has 2 aliphatic heterocycles. The van der Waals surface area contributed by atoms with Crippen LogP contribution in [0.3, 0.4) is 0 Å². The van der Waals surface area contributed by atoms with E-state index in [4.69, 9.17) is 0 Å². The fraction of sp³-hybridized carbons (Fsp3) is 0.478. The molecule has 1 aromatic carbocycles. The van der Waals surface area contributed by atoms with Crippen LogP contribution in [-0.4, -0.2) is 72.8 Å². The van der Waals surface area contributed by atoms with Gasteiger partial charge in [0.25, 0.3) is 11.8 Å². The Kier molecular flexibility index (Phi) is 6.01. The predicted octanol–water partition coefficient (Wildman–Crippen LogP) is 3.82. The van der Waals surface area contributed by atoms with Crippen LogP contribution >= 0.6 is 11.3 Å². The number of amides is 2. The van der Waals surface area contributed by atoms with Crippen molar-refractivity contribution in [2.75, 3.05) is 40.3 Å². The average molecular weight is 412 g/mol. The second-order valence-corrected chi connectivity index (χ2v) is 9.33. The minimum atomic E-state index is 0.0196. The number of nitrogens with zero attached hydrogens (tertiary/aromatic N) is 3. The van der Waals surface area contributed by atoms with Crippen LogP contribution in [0.25, 0.3) is 10.4 Å². The fourth-order valence-corrected chi connectivity index (χ4v) is 5.36. The Morgan fingerprint density at radius 2 is 1.72 bits per heavy atom. The van der Waals surface area contributed by atoms with E-state index in [0.29, 0.717) is 6.04 Å². The molecule has 1 atom stereocenters. The van der Waals surface area contributed by atoms with Crippen molar-refractivity contribution in [3.05, 3.63) is 46.8 Å². The Bertz CT molecular complexity index is 869. The van der Waals surface area contributed by atoms with Crippen molar-refractivity contribution >= 4 is 23.2 Å². The molecule has 0 aliphatic carbocycles. The van der Waals surface area contributed by atoms with Gasteiger partial charge >= 0.3 is 0 Å². The number of hydrogen-bond donors (Lipinski definition) is 0. The van der Waals surface area contributed by atoms with Crippen LogP contribution in [0, 0.1) is 0 Å². The molecule has 1 aromatic heterocycles. The molecule has 3 heterocycles. The van der Waals surface area contributed by atoms with Crippen LogP contribution < -0.4 is 0 Å². The van der Waals surface area contributed by atoms with E-state index in [-0.39, 0.29) is 11.8 Å². The third kappa shape index (κ3) is 4.38. The highest BCUT2D eigenvalue weighted by Gasteiger charge is 2.31. The molecule has 4 rings (SSSR count). The SMILES string of the molecule is CN(C)C(=O)c1ccc(-c2ccc(C(=O)N3CCC[C@H]3CN3CCCC3)cc2)s1. The maximum absolute atomic E-state index is 13.1. The summed E-state index contributed by atoms with van der Waals surface area (Å²) in [6.45, 7) is 4.22. The first kappa shape index (κ1) is 20.1. The van der Waals surface area contributed by atoms with Gasteiger partial charge < -0.3 is 14.7 Å². The number of carbonyl (C=O) groups is 2. The first-order valence-corrected chi connectivity index (χ1v) is 11.3. The van der Waals surface area contributed by atoms with E-state index in [9.17, 15) is 9.59 Å². The molecule has 2 amide bonds. The topological polar surface area (TPSA) is 43.9 Å². The summed E-state index contributed by atoms with van der Waals surface area (Å²) in [6, 6.07) is 12.0. The van der Waals surface area contributed by atoms with Gasteiger partial charge in [0.15, 0.2) is 0 Å². The minimum absolute atomic E-state index is 0.0196. The lowest BCUT2D eigenvalue weighted by atomic mass is 10.1. The van der Waals surface area contributed by atoms with E-state index in [2.05, 4.69) is 9.80 Å². The molecule has 0 bridgehead atoms. The van der Waals surface area contributed by atoms with Gasteiger partial charge in [-0.2, -0.15) is 0 Å². The molecule has 2 aromatic rings. The molecule has 0 radical (unpaired) electrons. The zero-order chi connectivity index (χ0) is 20.4. The molecule has 0 saturated carbocycles. The summed E-state index contributed by atoms with van der Waals surface area (Å²) in [5.41, 5.74) is 1.79. The van der Waals surface area contributed by atoms with Crippen LogP contribution in [0.2, 0.25) is 0 Å². The lowest BCUT2D eigenvalue weighted by molar-refractivity contribution is 0.0708. The third-order valence-electron chi connectivity index (χ3n) is 5.94. The molecule has 0 spiro atoms. The third-order valence-corrected chi connectivity index (χ3v) is 7.07. The summed E-state index contributed by atoms with van der Waals surface area (Å²) in [5.74, 6) is 0.166. The molecule has 2 saturated heterocycles. The van der Waals surface area contributed by atoms with E-state index in [0.717, 1.165) is 46.8 Å². The van der Waals surface area contributed by atoms with Crippen LogP contribution in [0.5, 0.6) is 0 Å². The number of carbonyl (C=O) groups excluding carboxylic acids is 2. The highest BCUT2D eigenvalue weighted by atomic mass is 32.1. The lowest BCUT2D eigenvalue weighted by Gasteiger charge is -2.28. The molecule has 0 unspecified atom stereocenters. The Morgan fingerprint density at radius 3 is 2.41 bits per heavy atom. The standard InChI is InChI=1S/C23H29N3O2S/c1-24(2)23(28)21-12-11-20(29-21)17-7-9-18(10-8-17)22(27)26-15-5-6-19(26)16-25-13-3-4-14-25/h7-12,19H,3-6,13-16H2,1-2H3/t19-/m0/s1. The zero-order valence-corrected chi connectivity index (χ0v) is 18.1. The zero-order valence-electron chi connectivity index (χ0n) is 17.3. The van der Waals surface area contributed by atoms with Gasteiger partial charge in [-0.05, 0) is 68.6 Å². The van der Waals surface area contributed by atoms with Crippen molar-refractivity contribution in [3.8, 4) is 10.4 Å². The lowest BCUT2D eigenvalue weighted by Crippen LogP contribution is -2.42. The van der Waals surface area contributed by atoms with Gasteiger partial charge in [-0.1, -0.05) is 12.1 Å². The van der Waals surface area contributed by atoms with Crippen molar-refractivity contribution in [3.63, 3.8) is 0 Å². The van der Waals surface area contributed by atoms with E-state index in [1.807, 2.05) is 36.4 Å². The molecule has 0 N–H and O–H groups in total. The molecular formula is C23H29N3O2S. The van der Waals surface area contributed by atoms with Gasteiger partial charge in [0.1, 0.15) is 0 Å². The molecule has 2 aliphatic rings. The van der Waals surface area contributed by atoms with E-state index < -0.39 is 0 Å². The van der Waals surface area contributed by atoms with Crippen LogP contribution in [0.1, 0.15) is 45.7 Å². The van der Waals surface area contributed by atoms with Crippen LogP contribution in [0.4, 0.5) is 0 Å². The summed E-state index contributed by atoms with van der Waals surface area (Å²) in [7, 11) is 3.52. The Labute approximate surface area is 176 Å². The summed E-state index contributed by atoms with van der Waals surface area (Å²) in [4.78, 5) is 33.2. The summed E-state index contributed by atoms with van der Waals surface area (Å²) < 4.78 is 0. The van der Waals surface area contributed by atoms with Gasteiger partial charge in [-0.3, -0.25) is 9.59 Å². The van der Waals surface area contributed by atoms with Gasteiger partial charge in [0, 0.05) is 43.7 Å². The van der Waals surface area contributed by atoms with Crippen molar-refractivity contribution in [1.82, 2.24) is 14.7 Å². The van der Waals surface area contributed by atoms with E-state index in [1.54, 1.807) is 19.0 Å². The monoisotopic (exact) mass is 411 g/mol. The Balaban J connectivity index is 1.44. The second kappa shape index (κ2) is 8.67. The first-order valence-electron chi connectivity index (χ1n) is 10.5. The molecule has 5 nitrogen and oxygen atoms in total. The van der Waals surface area contributed by atoms with Crippen LogP contribution in [-0.2, 0) is 0 Å².